The van der Waals surface area contributed by atoms with Crippen LogP contribution in [0.5, 0.6) is 0 Å². The van der Waals surface area contributed by atoms with E-state index < -0.39 is 0 Å². The minimum absolute atomic E-state index is 0.116. The topological polar surface area (TPSA) is 58.4 Å². The molecule has 19 heavy (non-hydrogen) atoms. The van der Waals surface area contributed by atoms with Crippen molar-refractivity contribution in [1.29, 1.82) is 0 Å². The molecular formula is C15H31N3O. The molecule has 112 valence electrons. The van der Waals surface area contributed by atoms with E-state index in [9.17, 15) is 4.79 Å². The first kappa shape index (κ1) is 16.4. The lowest BCUT2D eigenvalue weighted by Gasteiger charge is -2.31. The van der Waals surface area contributed by atoms with Crippen LogP contribution < -0.4 is 11.1 Å². The molecule has 4 nitrogen and oxygen atoms in total. The van der Waals surface area contributed by atoms with Crippen LogP contribution in [0.1, 0.15) is 46.5 Å². The number of rotatable bonds is 7. The molecule has 0 aliphatic heterocycles. The van der Waals surface area contributed by atoms with Crippen molar-refractivity contribution in [2.45, 2.75) is 52.5 Å². The van der Waals surface area contributed by atoms with Crippen LogP contribution >= 0.6 is 0 Å². The van der Waals surface area contributed by atoms with Crippen molar-refractivity contribution in [3.63, 3.8) is 0 Å². The van der Waals surface area contributed by atoms with Gasteiger partial charge >= 0.3 is 0 Å². The molecule has 3 N–H and O–H groups in total. The van der Waals surface area contributed by atoms with Crippen molar-refractivity contribution in [2.75, 3.05) is 26.2 Å². The second kappa shape index (κ2) is 8.54. The van der Waals surface area contributed by atoms with E-state index in [0.717, 1.165) is 51.9 Å². The van der Waals surface area contributed by atoms with Gasteiger partial charge in [-0.3, -0.25) is 4.79 Å². The number of nitrogens with two attached hydrogens (primary N) is 1. The molecule has 1 rings (SSSR count). The Bertz CT molecular complexity index is 270. The Hall–Kier alpha value is -0.610. The average Bonchev–Trinajstić information content (AvgIpc) is 2.40. The molecule has 1 aliphatic carbocycles. The van der Waals surface area contributed by atoms with Crippen molar-refractivity contribution >= 4 is 5.91 Å². The quantitative estimate of drug-likeness (QED) is 0.738. The van der Waals surface area contributed by atoms with Gasteiger partial charge in [0.1, 0.15) is 0 Å². The Morgan fingerprint density at radius 1 is 1.32 bits per heavy atom. The number of hydrogen-bond donors (Lipinski definition) is 2. The standard InChI is InChI=1S/C15H31N3O/c1-4-9-18(5-2)10-8-17-15(19)14-11-13(16)7-6-12(14)3/h12-14H,4-11,16H2,1-3H3,(H,17,19). The average molecular weight is 269 g/mol. The summed E-state index contributed by atoms with van der Waals surface area (Å²) in [4.78, 5) is 14.6. The third-order valence-corrected chi connectivity index (χ3v) is 4.29. The van der Waals surface area contributed by atoms with Crippen molar-refractivity contribution in [2.24, 2.45) is 17.6 Å². The van der Waals surface area contributed by atoms with Crippen LogP contribution in [-0.2, 0) is 4.79 Å². The Balaban J connectivity index is 2.29. The molecule has 0 spiro atoms. The summed E-state index contributed by atoms with van der Waals surface area (Å²) in [5, 5.41) is 3.09. The molecule has 3 atom stereocenters. The molecule has 0 aromatic heterocycles. The van der Waals surface area contributed by atoms with Crippen LogP contribution in [-0.4, -0.2) is 43.0 Å². The molecule has 0 radical (unpaired) electrons. The Morgan fingerprint density at radius 3 is 2.68 bits per heavy atom. The van der Waals surface area contributed by atoms with Gasteiger partial charge in [-0.05, 0) is 44.7 Å². The molecule has 1 fully saturated rings. The summed E-state index contributed by atoms with van der Waals surface area (Å²) in [6, 6.07) is 0.208. The first-order chi connectivity index (χ1) is 9.08. The highest BCUT2D eigenvalue weighted by Crippen LogP contribution is 2.28. The van der Waals surface area contributed by atoms with E-state index in [2.05, 4.69) is 31.0 Å². The lowest BCUT2D eigenvalue weighted by atomic mass is 9.78. The Morgan fingerprint density at radius 2 is 2.05 bits per heavy atom. The van der Waals surface area contributed by atoms with E-state index >= 15 is 0 Å². The van der Waals surface area contributed by atoms with Gasteiger partial charge in [0.05, 0.1) is 0 Å². The maximum absolute atomic E-state index is 12.2. The zero-order valence-corrected chi connectivity index (χ0v) is 12.8. The molecule has 0 bridgehead atoms. The zero-order valence-electron chi connectivity index (χ0n) is 12.8. The van der Waals surface area contributed by atoms with Crippen LogP contribution in [0.3, 0.4) is 0 Å². The van der Waals surface area contributed by atoms with Crippen molar-refractivity contribution in [3.05, 3.63) is 0 Å². The van der Waals surface area contributed by atoms with Gasteiger partial charge in [0, 0.05) is 25.0 Å². The molecule has 1 saturated carbocycles. The summed E-state index contributed by atoms with van der Waals surface area (Å²) in [7, 11) is 0. The smallest absolute Gasteiger partial charge is 0.223 e. The second-order valence-electron chi connectivity index (χ2n) is 5.88. The van der Waals surface area contributed by atoms with Crippen molar-refractivity contribution < 1.29 is 4.79 Å². The predicted octanol–water partition coefficient (Wildman–Crippen LogP) is 1.60. The van der Waals surface area contributed by atoms with Gasteiger partial charge in [0.15, 0.2) is 0 Å². The monoisotopic (exact) mass is 269 g/mol. The number of carbonyl (C=O) groups excluding carboxylic acids is 1. The molecule has 0 aromatic carbocycles. The molecule has 0 heterocycles. The first-order valence-corrected chi connectivity index (χ1v) is 7.84. The number of hydrogen-bond acceptors (Lipinski definition) is 3. The summed E-state index contributed by atoms with van der Waals surface area (Å²) >= 11 is 0. The second-order valence-corrected chi connectivity index (χ2v) is 5.88. The van der Waals surface area contributed by atoms with Crippen LogP contribution in [0.15, 0.2) is 0 Å². The van der Waals surface area contributed by atoms with Crippen molar-refractivity contribution in [3.8, 4) is 0 Å². The number of carbonyl (C=O) groups is 1. The minimum Gasteiger partial charge on any atom is -0.355 e. The predicted molar refractivity (Wildman–Crippen MR) is 79.9 cm³/mol. The maximum Gasteiger partial charge on any atom is 0.223 e. The van der Waals surface area contributed by atoms with Gasteiger partial charge in [0.25, 0.3) is 0 Å². The fraction of sp³-hybridized carbons (Fsp3) is 0.933. The summed E-state index contributed by atoms with van der Waals surface area (Å²) in [6.45, 7) is 10.4. The Kier molecular flexibility index (Phi) is 7.39. The molecular weight excluding hydrogens is 238 g/mol. The fourth-order valence-corrected chi connectivity index (χ4v) is 2.93. The molecule has 1 amide bonds. The van der Waals surface area contributed by atoms with Gasteiger partial charge < -0.3 is 16.0 Å². The molecule has 3 unspecified atom stereocenters. The van der Waals surface area contributed by atoms with Gasteiger partial charge in [-0.1, -0.05) is 20.8 Å². The van der Waals surface area contributed by atoms with E-state index in [4.69, 9.17) is 5.73 Å². The third kappa shape index (κ3) is 5.49. The largest absolute Gasteiger partial charge is 0.355 e. The van der Waals surface area contributed by atoms with Crippen LogP contribution in [0.25, 0.3) is 0 Å². The van der Waals surface area contributed by atoms with E-state index in [1.807, 2.05) is 0 Å². The number of nitrogens with one attached hydrogen (secondary N) is 1. The lowest BCUT2D eigenvalue weighted by molar-refractivity contribution is -0.127. The van der Waals surface area contributed by atoms with Gasteiger partial charge in [-0.2, -0.15) is 0 Å². The molecule has 1 aliphatic rings. The number of amides is 1. The Labute approximate surface area is 118 Å². The van der Waals surface area contributed by atoms with Crippen LogP contribution in [0.4, 0.5) is 0 Å². The molecule has 0 saturated heterocycles. The SMILES string of the molecule is CCCN(CC)CCNC(=O)C1CC(N)CCC1C. The minimum atomic E-state index is 0.116. The first-order valence-electron chi connectivity index (χ1n) is 7.84. The zero-order chi connectivity index (χ0) is 14.3. The van der Waals surface area contributed by atoms with E-state index in [0.29, 0.717) is 5.92 Å². The molecule has 0 aromatic rings. The number of likely N-dealkylation sites (N-methyl/N-ethyl adjacent to an activating group) is 1. The van der Waals surface area contributed by atoms with E-state index in [1.165, 1.54) is 0 Å². The van der Waals surface area contributed by atoms with Gasteiger partial charge in [-0.25, -0.2) is 0 Å². The van der Waals surface area contributed by atoms with Crippen molar-refractivity contribution in [1.82, 2.24) is 10.2 Å². The molecule has 4 heteroatoms. The van der Waals surface area contributed by atoms with Crippen LogP contribution in [0.2, 0.25) is 0 Å². The summed E-state index contributed by atoms with van der Waals surface area (Å²) in [5.41, 5.74) is 5.97. The number of nitrogens with zero attached hydrogens (tertiary/aromatic N) is 1. The van der Waals surface area contributed by atoms with Gasteiger partial charge in [0.2, 0.25) is 5.91 Å². The summed E-state index contributed by atoms with van der Waals surface area (Å²) < 4.78 is 0. The summed E-state index contributed by atoms with van der Waals surface area (Å²) in [6.07, 6.45) is 4.15. The summed E-state index contributed by atoms with van der Waals surface area (Å²) in [5.74, 6) is 0.790. The highest BCUT2D eigenvalue weighted by Gasteiger charge is 2.30. The highest BCUT2D eigenvalue weighted by molar-refractivity contribution is 5.79. The fourth-order valence-electron chi connectivity index (χ4n) is 2.93. The van der Waals surface area contributed by atoms with E-state index in [1.54, 1.807) is 0 Å². The lowest BCUT2D eigenvalue weighted by Crippen LogP contribution is -2.43. The van der Waals surface area contributed by atoms with Crippen LogP contribution in [0, 0.1) is 11.8 Å². The normalized spacial score (nSPS) is 27.5. The van der Waals surface area contributed by atoms with E-state index in [-0.39, 0.29) is 17.9 Å². The third-order valence-electron chi connectivity index (χ3n) is 4.29. The highest BCUT2D eigenvalue weighted by atomic mass is 16.1. The van der Waals surface area contributed by atoms with Gasteiger partial charge in [-0.15, -0.1) is 0 Å². The maximum atomic E-state index is 12.2.